The molecule has 0 unspecified atom stereocenters. The zero-order valence-electron chi connectivity index (χ0n) is 14.3. The summed E-state index contributed by atoms with van der Waals surface area (Å²) in [5.74, 6) is 0.380. The molecule has 0 atom stereocenters. The molecular weight excluding hydrogens is 333 g/mol. The molecule has 3 rings (SSSR count). The standard InChI is InChI=1S/C21H20FNO3/c22-19-8-6-16(7-9-19)12-21(24)23-13-17-3-1-4-18(11-17)14-25-15-20-5-2-10-26-20/h1-11H,12-15H2,(H,23,24). The fourth-order valence-corrected chi connectivity index (χ4v) is 2.54. The van der Waals surface area contributed by atoms with E-state index in [1.54, 1.807) is 18.4 Å². The predicted molar refractivity (Wildman–Crippen MR) is 95.6 cm³/mol. The van der Waals surface area contributed by atoms with Crippen molar-refractivity contribution >= 4 is 5.91 Å². The number of halogens is 1. The summed E-state index contributed by atoms with van der Waals surface area (Å²) in [6.45, 7) is 1.33. The van der Waals surface area contributed by atoms with E-state index < -0.39 is 0 Å². The zero-order valence-corrected chi connectivity index (χ0v) is 14.3. The summed E-state index contributed by atoms with van der Waals surface area (Å²) in [6, 6.07) is 17.5. The summed E-state index contributed by atoms with van der Waals surface area (Å²) in [7, 11) is 0. The molecule has 26 heavy (non-hydrogen) atoms. The molecule has 0 saturated heterocycles. The Morgan fingerprint density at radius 3 is 2.54 bits per heavy atom. The Kier molecular flexibility index (Phi) is 6.17. The van der Waals surface area contributed by atoms with Gasteiger partial charge in [-0.15, -0.1) is 0 Å². The molecule has 0 bridgehead atoms. The second-order valence-electron chi connectivity index (χ2n) is 5.97. The van der Waals surface area contributed by atoms with E-state index in [1.807, 2.05) is 36.4 Å². The molecule has 0 aliphatic carbocycles. The molecule has 1 heterocycles. The number of rotatable bonds is 8. The summed E-state index contributed by atoms with van der Waals surface area (Å²) >= 11 is 0. The Bertz CT molecular complexity index is 829. The van der Waals surface area contributed by atoms with Crippen LogP contribution in [-0.4, -0.2) is 5.91 Å². The van der Waals surface area contributed by atoms with Gasteiger partial charge in [0.25, 0.3) is 0 Å². The van der Waals surface area contributed by atoms with Crippen molar-refractivity contribution in [2.75, 3.05) is 0 Å². The van der Waals surface area contributed by atoms with Crippen LogP contribution in [0.15, 0.2) is 71.3 Å². The van der Waals surface area contributed by atoms with E-state index >= 15 is 0 Å². The minimum absolute atomic E-state index is 0.101. The number of benzene rings is 2. The van der Waals surface area contributed by atoms with Crippen molar-refractivity contribution in [3.05, 3.63) is 95.2 Å². The number of hydrogen-bond acceptors (Lipinski definition) is 3. The summed E-state index contributed by atoms with van der Waals surface area (Å²) in [4.78, 5) is 12.0. The molecule has 0 saturated carbocycles. The Morgan fingerprint density at radius 2 is 1.77 bits per heavy atom. The van der Waals surface area contributed by atoms with Crippen LogP contribution < -0.4 is 5.32 Å². The molecule has 1 amide bonds. The lowest BCUT2D eigenvalue weighted by molar-refractivity contribution is -0.120. The molecule has 5 heteroatoms. The minimum Gasteiger partial charge on any atom is -0.467 e. The zero-order chi connectivity index (χ0) is 18.2. The Morgan fingerprint density at radius 1 is 0.962 bits per heavy atom. The summed E-state index contributed by atoms with van der Waals surface area (Å²) in [5, 5.41) is 2.88. The van der Waals surface area contributed by atoms with Crippen LogP contribution >= 0.6 is 0 Å². The third kappa shape index (κ3) is 5.57. The Labute approximate surface area is 151 Å². The van der Waals surface area contributed by atoms with E-state index in [2.05, 4.69) is 5.32 Å². The van der Waals surface area contributed by atoms with E-state index in [0.717, 1.165) is 22.5 Å². The van der Waals surface area contributed by atoms with Crippen molar-refractivity contribution in [3.63, 3.8) is 0 Å². The summed E-state index contributed by atoms with van der Waals surface area (Å²) < 4.78 is 23.7. The van der Waals surface area contributed by atoms with Crippen molar-refractivity contribution in [2.45, 2.75) is 26.2 Å². The molecule has 0 spiro atoms. The van der Waals surface area contributed by atoms with Gasteiger partial charge in [-0.1, -0.05) is 36.4 Å². The SMILES string of the molecule is O=C(Cc1ccc(F)cc1)NCc1cccc(COCc2ccco2)c1. The van der Waals surface area contributed by atoms with E-state index in [0.29, 0.717) is 19.8 Å². The highest BCUT2D eigenvalue weighted by atomic mass is 19.1. The van der Waals surface area contributed by atoms with E-state index in [4.69, 9.17) is 9.15 Å². The summed E-state index contributed by atoms with van der Waals surface area (Å²) in [5.41, 5.74) is 2.81. The second kappa shape index (κ2) is 8.97. The van der Waals surface area contributed by atoms with Gasteiger partial charge in [0.1, 0.15) is 18.2 Å². The fraction of sp³-hybridized carbons (Fsp3) is 0.190. The molecule has 134 valence electrons. The first-order valence-corrected chi connectivity index (χ1v) is 8.38. The van der Waals surface area contributed by atoms with Gasteiger partial charge in [0.2, 0.25) is 5.91 Å². The maximum absolute atomic E-state index is 12.9. The number of nitrogens with one attached hydrogen (secondary N) is 1. The van der Waals surface area contributed by atoms with Gasteiger partial charge in [-0.25, -0.2) is 4.39 Å². The van der Waals surface area contributed by atoms with Gasteiger partial charge >= 0.3 is 0 Å². The van der Waals surface area contributed by atoms with Crippen LogP contribution in [-0.2, 0) is 35.7 Å². The number of furan rings is 1. The minimum atomic E-state index is -0.305. The molecule has 4 nitrogen and oxygen atoms in total. The van der Waals surface area contributed by atoms with E-state index in [-0.39, 0.29) is 18.1 Å². The molecule has 1 aromatic heterocycles. The molecule has 0 aliphatic heterocycles. The first-order valence-electron chi connectivity index (χ1n) is 8.38. The lowest BCUT2D eigenvalue weighted by Gasteiger charge is -2.08. The smallest absolute Gasteiger partial charge is 0.224 e. The molecule has 3 aromatic rings. The summed E-state index contributed by atoms with van der Waals surface area (Å²) in [6.07, 6.45) is 1.85. The Hall–Kier alpha value is -2.92. The molecule has 2 aromatic carbocycles. The van der Waals surface area contributed by atoms with Crippen molar-refractivity contribution in [2.24, 2.45) is 0 Å². The average molecular weight is 353 g/mol. The van der Waals surface area contributed by atoms with Crippen LogP contribution in [0.2, 0.25) is 0 Å². The average Bonchev–Trinajstić information content (AvgIpc) is 3.16. The first-order chi connectivity index (χ1) is 12.7. The quantitative estimate of drug-likeness (QED) is 0.666. The van der Waals surface area contributed by atoms with Gasteiger partial charge in [-0.05, 0) is 41.0 Å². The highest BCUT2D eigenvalue weighted by molar-refractivity contribution is 5.78. The van der Waals surface area contributed by atoms with Gasteiger partial charge in [0.05, 0.1) is 19.3 Å². The number of carbonyl (C=O) groups is 1. The maximum Gasteiger partial charge on any atom is 0.224 e. The lowest BCUT2D eigenvalue weighted by Crippen LogP contribution is -2.24. The predicted octanol–water partition coefficient (Wildman–Crippen LogP) is 3.99. The van der Waals surface area contributed by atoms with Gasteiger partial charge in [-0.2, -0.15) is 0 Å². The van der Waals surface area contributed by atoms with Crippen molar-refractivity contribution in [1.29, 1.82) is 0 Å². The van der Waals surface area contributed by atoms with Gasteiger partial charge in [0, 0.05) is 6.54 Å². The highest BCUT2D eigenvalue weighted by Crippen LogP contribution is 2.10. The monoisotopic (exact) mass is 353 g/mol. The highest BCUT2D eigenvalue weighted by Gasteiger charge is 2.04. The van der Waals surface area contributed by atoms with Crippen molar-refractivity contribution in [1.82, 2.24) is 5.32 Å². The maximum atomic E-state index is 12.9. The number of carbonyl (C=O) groups excluding carboxylic acids is 1. The van der Waals surface area contributed by atoms with Crippen LogP contribution in [0.1, 0.15) is 22.5 Å². The third-order valence-electron chi connectivity index (χ3n) is 3.85. The van der Waals surface area contributed by atoms with Crippen LogP contribution in [0.3, 0.4) is 0 Å². The van der Waals surface area contributed by atoms with E-state index in [9.17, 15) is 9.18 Å². The topological polar surface area (TPSA) is 51.5 Å². The van der Waals surface area contributed by atoms with Crippen LogP contribution in [0.5, 0.6) is 0 Å². The van der Waals surface area contributed by atoms with Crippen molar-refractivity contribution in [3.8, 4) is 0 Å². The molecule has 0 fully saturated rings. The number of hydrogen-bond donors (Lipinski definition) is 1. The number of ether oxygens (including phenoxy) is 1. The number of amides is 1. The van der Waals surface area contributed by atoms with Gasteiger partial charge in [-0.3, -0.25) is 4.79 Å². The molecule has 0 radical (unpaired) electrons. The molecule has 1 N–H and O–H groups in total. The van der Waals surface area contributed by atoms with Gasteiger partial charge < -0.3 is 14.5 Å². The van der Waals surface area contributed by atoms with Gasteiger partial charge in [0.15, 0.2) is 0 Å². The normalized spacial score (nSPS) is 10.7. The van der Waals surface area contributed by atoms with Crippen LogP contribution in [0, 0.1) is 5.82 Å². The van der Waals surface area contributed by atoms with E-state index in [1.165, 1.54) is 12.1 Å². The lowest BCUT2D eigenvalue weighted by atomic mass is 10.1. The fourth-order valence-electron chi connectivity index (χ4n) is 2.54. The molecular formula is C21H20FNO3. The first kappa shape index (κ1) is 17.9. The second-order valence-corrected chi connectivity index (χ2v) is 5.97. The third-order valence-corrected chi connectivity index (χ3v) is 3.85. The largest absolute Gasteiger partial charge is 0.467 e. The Balaban J connectivity index is 1.45. The van der Waals surface area contributed by atoms with Crippen LogP contribution in [0.4, 0.5) is 4.39 Å². The van der Waals surface area contributed by atoms with Crippen molar-refractivity contribution < 1.29 is 18.3 Å². The van der Waals surface area contributed by atoms with Crippen LogP contribution in [0.25, 0.3) is 0 Å². The molecule has 0 aliphatic rings.